The molecule has 0 radical (unpaired) electrons. The van der Waals surface area contributed by atoms with E-state index in [1.165, 1.54) is 10.7 Å². The van der Waals surface area contributed by atoms with Gasteiger partial charge in [-0.1, -0.05) is 6.42 Å². The van der Waals surface area contributed by atoms with Crippen LogP contribution in [-0.4, -0.2) is 37.4 Å². The lowest BCUT2D eigenvalue weighted by molar-refractivity contribution is 0.0995. The van der Waals surface area contributed by atoms with Crippen LogP contribution in [-0.2, 0) is 12.5 Å². The second kappa shape index (κ2) is 6.99. The minimum Gasteiger partial charge on any atom is -0.368 e. The van der Waals surface area contributed by atoms with Crippen LogP contribution in [0.1, 0.15) is 35.4 Å². The number of carbonyl (C=O) groups is 1. The Kier molecular flexibility index (Phi) is 4.50. The maximum atomic E-state index is 14.2. The number of aromatic nitrogens is 5. The number of primary amides is 1. The molecule has 0 unspecified atom stereocenters. The maximum absolute atomic E-state index is 14.2. The first-order chi connectivity index (χ1) is 13.5. The van der Waals surface area contributed by atoms with Gasteiger partial charge in [-0.05, 0) is 43.2 Å². The van der Waals surface area contributed by atoms with Gasteiger partial charge in [0.15, 0.2) is 5.69 Å². The number of nitrogens with two attached hydrogens (primary N) is 1. The summed E-state index contributed by atoms with van der Waals surface area (Å²) in [6, 6.07) is 8.20. The quantitative estimate of drug-likeness (QED) is 0.676. The molecule has 0 saturated heterocycles. The molecule has 1 fully saturated rings. The highest BCUT2D eigenvalue weighted by atomic mass is 19.1. The zero-order chi connectivity index (χ0) is 19.7. The third-order valence-corrected chi connectivity index (χ3v) is 5.24. The Morgan fingerprint density at radius 3 is 2.71 bits per heavy atom. The van der Waals surface area contributed by atoms with Crippen LogP contribution in [0.2, 0.25) is 0 Å². The van der Waals surface area contributed by atoms with Gasteiger partial charge in [0.2, 0.25) is 0 Å². The molecule has 1 amide bonds. The first kappa shape index (κ1) is 18.0. The molecule has 4 rings (SSSR count). The van der Waals surface area contributed by atoms with E-state index in [1.807, 2.05) is 0 Å². The Hall–Kier alpha value is -3.36. The standard InChI is InChI=1S/C19H20FN7O/c1-27-15(10-14(26-27)18(21)28)13-5-6-16(25-24-13)23-11-19(7-3-8-19)17-12(20)4-2-9-22-17/h2,4-6,9-10H,3,7-8,11H2,1H3,(H2,21,28)(H,23,25). The Morgan fingerprint density at radius 2 is 2.14 bits per heavy atom. The van der Waals surface area contributed by atoms with Gasteiger partial charge in [-0.25, -0.2) is 4.39 Å². The van der Waals surface area contributed by atoms with E-state index in [-0.39, 0.29) is 16.9 Å². The van der Waals surface area contributed by atoms with Crippen molar-refractivity contribution in [3.8, 4) is 11.4 Å². The Labute approximate surface area is 161 Å². The molecule has 28 heavy (non-hydrogen) atoms. The molecule has 8 nitrogen and oxygen atoms in total. The number of nitrogens with one attached hydrogen (secondary N) is 1. The second-order valence-corrected chi connectivity index (χ2v) is 7.03. The van der Waals surface area contributed by atoms with Gasteiger partial charge in [-0.2, -0.15) is 5.10 Å². The number of amides is 1. The summed E-state index contributed by atoms with van der Waals surface area (Å²) >= 11 is 0. The molecule has 9 heteroatoms. The molecule has 1 aliphatic carbocycles. The highest BCUT2D eigenvalue weighted by Crippen LogP contribution is 2.43. The van der Waals surface area contributed by atoms with Crippen LogP contribution in [0.15, 0.2) is 36.5 Å². The van der Waals surface area contributed by atoms with Crippen LogP contribution in [0.3, 0.4) is 0 Å². The summed E-state index contributed by atoms with van der Waals surface area (Å²) in [5, 5.41) is 15.7. The van der Waals surface area contributed by atoms with Crippen molar-refractivity contribution in [1.82, 2.24) is 25.0 Å². The van der Waals surface area contributed by atoms with Crippen LogP contribution in [0.25, 0.3) is 11.4 Å². The molecule has 3 N–H and O–H groups in total. The minimum absolute atomic E-state index is 0.172. The fourth-order valence-corrected chi connectivity index (χ4v) is 3.53. The van der Waals surface area contributed by atoms with E-state index in [1.54, 1.807) is 37.5 Å². The third kappa shape index (κ3) is 3.19. The molecular formula is C19H20FN7O. The molecular weight excluding hydrogens is 361 g/mol. The Bertz CT molecular complexity index is 1010. The topological polar surface area (TPSA) is 112 Å². The summed E-state index contributed by atoms with van der Waals surface area (Å²) in [7, 11) is 1.71. The average molecular weight is 381 g/mol. The van der Waals surface area contributed by atoms with Crippen LogP contribution in [0, 0.1) is 5.82 Å². The number of pyridine rings is 1. The van der Waals surface area contributed by atoms with E-state index in [9.17, 15) is 9.18 Å². The summed E-state index contributed by atoms with van der Waals surface area (Å²) in [4.78, 5) is 15.5. The maximum Gasteiger partial charge on any atom is 0.269 e. The fraction of sp³-hybridized carbons (Fsp3) is 0.316. The average Bonchev–Trinajstić information content (AvgIpc) is 3.05. The number of rotatable bonds is 6. The highest BCUT2D eigenvalue weighted by molar-refractivity contribution is 5.91. The Morgan fingerprint density at radius 1 is 1.32 bits per heavy atom. The highest BCUT2D eigenvalue weighted by Gasteiger charge is 2.41. The van der Waals surface area contributed by atoms with Crippen molar-refractivity contribution >= 4 is 11.7 Å². The summed E-state index contributed by atoms with van der Waals surface area (Å²) in [6.45, 7) is 0.534. The molecule has 144 valence electrons. The normalized spacial score (nSPS) is 15.1. The fourth-order valence-electron chi connectivity index (χ4n) is 3.53. The van der Waals surface area contributed by atoms with E-state index < -0.39 is 5.91 Å². The monoisotopic (exact) mass is 381 g/mol. The number of hydrogen-bond acceptors (Lipinski definition) is 6. The molecule has 0 aliphatic heterocycles. The SMILES string of the molecule is Cn1nc(C(N)=O)cc1-c1ccc(NCC2(c3ncccc3F)CCC2)nn1. The largest absolute Gasteiger partial charge is 0.368 e. The zero-order valence-corrected chi connectivity index (χ0v) is 15.4. The van der Waals surface area contributed by atoms with Gasteiger partial charge in [0.1, 0.15) is 17.3 Å². The molecule has 0 spiro atoms. The van der Waals surface area contributed by atoms with Gasteiger partial charge in [-0.15, -0.1) is 10.2 Å². The molecule has 3 heterocycles. The van der Waals surface area contributed by atoms with Gasteiger partial charge >= 0.3 is 0 Å². The van der Waals surface area contributed by atoms with E-state index in [0.29, 0.717) is 29.4 Å². The van der Waals surface area contributed by atoms with Gasteiger partial charge in [0.05, 0.1) is 11.4 Å². The van der Waals surface area contributed by atoms with Crippen molar-refractivity contribution in [3.63, 3.8) is 0 Å². The van der Waals surface area contributed by atoms with Crippen molar-refractivity contribution in [2.75, 3.05) is 11.9 Å². The van der Waals surface area contributed by atoms with Gasteiger partial charge in [0.25, 0.3) is 5.91 Å². The summed E-state index contributed by atoms with van der Waals surface area (Å²) in [6.07, 6.45) is 4.43. The van der Waals surface area contributed by atoms with Crippen molar-refractivity contribution in [1.29, 1.82) is 0 Å². The van der Waals surface area contributed by atoms with E-state index in [4.69, 9.17) is 5.73 Å². The van der Waals surface area contributed by atoms with Crippen LogP contribution < -0.4 is 11.1 Å². The minimum atomic E-state index is -0.597. The van der Waals surface area contributed by atoms with E-state index in [2.05, 4.69) is 25.6 Å². The smallest absolute Gasteiger partial charge is 0.269 e. The molecule has 0 aromatic carbocycles. The lowest BCUT2D eigenvalue weighted by Gasteiger charge is -2.41. The molecule has 1 aliphatic rings. The first-order valence-corrected chi connectivity index (χ1v) is 9.01. The summed E-state index contributed by atoms with van der Waals surface area (Å²) in [5.74, 6) is -0.281. The third-order valence-electron chi connectivity index (χ3n) is 5.24. The second-order valence-electron chi connectivity index (χ2n) is 7.03. The molecule has 0 bridgehead atoms. The van der Waals surface area contributed by atoms with Gasteiger partial charge < -0.3 is 11.1 Å². The molecule has 3 aromatic rings. The van der Waals surface area contributed by atoms with Crippen molar-refractivity contribution in [2.45, 2.75) is 24.7 Å². The van der Waals surface area contributed by atoms with E-state index in [0.717, 1.165) is 19.3 Å². The summed E-state index contributed by atoms with van der Waals surface area (Å²) in [5.41, 5.74) is 6.84. The van der Waals surface area contributed by atoms with Gasteiger partial charge in [0, 0.05) is 25.2 Å². The Balaban J connectivity index is 1.49. The van der Waals surface area contributed by atoms with Crippen LogP contribution >= 0.6 is 0 Å². The number of aryl methyl sites for hydroxylation is 1. The van der Waals surface area contributed by atoms with E-state index >= 15 is 0 Å². The van der Waals surface area contributed by atoms with Crippen LogP contribution in [0.4, 0.5) is 10.2 Å². The predicted molar refractivity (Wildman–Crippen MR) is 101 cm³/mol. The predicted octanol–water partition coefficient (Wildman–Crippen LogP) is 2.04. The molecule has 0 atom stereocenters. The van der Waals surface area contributed by atoms with Crippen molar-refractivity contribution in [3.05, 3.63) is 53.7 Å². The van der Waals surface area contributed by atoms with Crippen molar-refractivity contribution < 1.29 is 9.18 Å². The van der Waals surface area contributed by atoms with Crippen molar-refractivity contribution in [2.24, 2.45) is 12.8 Å². The number of anilines is 1. The molecule has 1 saturated carbocycles. The van der Waals surface area contributed by atoms with Crippen LogP contribution in [0.5, 0.6) is 0 Å². The lowest BCUT2D eigenvalue weighted by Crippen LogP contribution is -2.42. The van der Waals surface area contributed by atoms with Gasteiger partial charge in [-0.3, -0.25) is 14.5 Å². The molecule has 3 aromatic heterocycles. The zero-order valence-electron chi connectivity index (χ0n) is 15.4. The number of halogens is 1. The summed E-state index contributed by atoms with van der Waals surface area (Å²) < 4.78 is 15.7. The first-order valence-electron chi connectivity index (χ1n) is 9.01. The lowest BCUT2D eigenvalue weighted by atomic mass is 9.66. The number of nitrogens with zero attached hydrogens (tertiary/aromatic N) is 5. The number of hydrogen-bond donors (Lipinski definition) is 2. The number of carbonyl (C=O) groups excluding carboxylic acids is 1.